The predicted octanol–water partition coefficient (Wildman–Crippen LogP) is 3.78. The van der Waals surface area contributed by atoms with E-state index < -0.39 is 0 Å². The Morgan fingerprint density at radius 3 is 2.56 bits per heavy atom. The third kappa shape index (κ3) is 4.48. The number of anilines is 1. The van der Waals surface area contributed by atoms with Gasteiger partial charge in [0.1, 0.15) is 0 Å². The zero-order valence-corrected chi connectivity index (χ0v) is 15.6. The molecule has 132 valence electrons. The summed E-state index contributed by atoms with van der Waals surface area (Å²) in [6, 6.07) is 9.94. The number of piperidine rings is 1. The molecule has 1 aromatic carbocycles. The summed E-state index contributed by atoms with van der Waals surface area (Å²) in [7, 11) is 0. The largest absolute Gasteiger partial charge is 0.342 e. The SMILES string of the molecule is Cc1ccc(NC(=O)C2CCN(C(=O)Cc3cccs3)CC2)cc1C. The summed E-state index contributed by atoms with van der Waals surface area (Å²) in [6.45, 7) is 5.43. The molecular weight excluding hydrogens is 332 g/mol. The molecule has 0 atom stereocenters. The molecule has 2 aromatic rings. The fourth-order valence-electron chi connectivity index (χ4n) is 3.13. The summed E-state index contributed by atoms with van der Waals surface area (Å²) >= 11 is 1.61. The monoisotopic (exact) mass is 356 g/mol. The summed E-state index contributed by atoms with van der Waals surface area (Å²) < 4.78 is 0. The zero-order valence-electron chi connectivity index (χ0n) is 14.7. The summed E-state index contributed by atoms with van der Waals surface area (Å²) in [6.07, 6.45) is 1.93. The van der Waals surface area contributed by atoms with E-state index >= 15 is 0 Å². The Kier molecular flexibility index (Phi) is 5.53. The molecule has 1 aliphatic heterocycles. The number of thiophene rings is 1. The van der Waals surface area contributed by atoms with Crippen molar-refractivity contribution in [3.05, 3.63) is 51.7 Å². The van der Waals surface area contributed by atoms with Gasteiger partial charge >= 0.3 is 0 Å². The van der Waals surface area contributed by atoms with Gasteiger partial charge in [-0.3, -0.25) is 9.59 Å². The highest BCUT2D eigenvalue weighted by Gasteiger charge is 2.27. The Balaban J connectivity index is 1.50. The smallest absolute Gasteiger partial charge is 0.227 e. The van der Waals surface area contributed by atoms with Gasteiger partial charge in [0, 0.05) is 29.6 Å². The summed E-state index contributed by atoms with van der Waals surface area (Å²) in [5.41, 5.74) is 3.24. The molecule has 1 saturated heterocycles. The van der Waals surface area contributed by atoms with Crippen LogP contribution in [0.1, 0.15) is 28.8 Å². The molecular formula is C20H24N2O2S. The minimum absolute atomic E-state index is 0.0209. The number of hydrogen-bond donors (Lipinski definition) is 1. The molecule has 1 aromatic heterocycles. The van der Waals surface area contributed by atoms with E-state index in [1.165, 1.54) is 11.1 Å². The van der Waals surface area contributed by atoms with Crippen molar-refractivity contribution >= 4 is 28.8 Å². The van der Waals surface area contributed by atoms with Crippen molar-refractivity contribution in [3.8, 4) is 0 Å². The molecule has 1 N–H and O–H groups in total. The van der Waals surface area contributed by atoms with Gasteiger partial charge in [0.05, 0.1) is 6.42 Å². The van der Waals surface area contributed by atoms with Crippen LogP contribution in [-0.4, -0.2) is 29.8 Å². The maximum Gasteiger partial charge on any atom is 0.227 e. The number of carbonyl (C=O) groups excluding carboxylic acids is 2. The van der Waals surface area contributed by atoms with Gasteiger partial charge < -0.3 is 10.2 Å². The molecule has 4 nitrogen and oxygen atoms in total. The van der Waals surface area contributed by atoms with Crippen molar-refractivity contribution in [1.29, 1.82) is 0 Å². The van der Waals surface area contributed by atoms with E-state index in [0.717, 1.165) is 23.4 Å². The molecule has 1 fully saturated rings. The van der Waals surface area contributed by atoms with Crippen molar-refractivity contribution in [2.75, 3.05) is 18.4 Å². The number of aryl methyl sites for hydroxylation is 2. The van der Waals surface area contributed by atoms with Crippen LogP contribution in [0, 0.1) is 19.8 Å². The van der Waals surface area contributed by atoms with Crippen LogP contribution in [0.4, 0.5) is 5.69 Å². The van der Waals surface area contributed by atoms with Crippen molar-refractivity contribution in [2.45, 2.75) is 33.1 Å². The summed E-state index contributed by atoms with van der Waals surface area (Å²) in [4.78, 5) is 27.8. The first-order valence-electron chi connectivity index (χ1n) is 8.71. The Morgan fingerprint density at radius 1 is 1.16 bits per heavy atom. The normalized spacial score (nSPS) is 15.2. The van der Waals surface area contributed by atoms with Gasteiger partial charge in [-0.1, -0.05) is 12.1 Å². The third-order valence-corrected chi connectivity index (χ3v) is 5.77. The molecule has 2 amide bonds. The van der Waals surface area contributed by atoms with Gasteiger partial charge in [-0.2, -0.15) is 0 Å². The Bertz CT molecular complexity index is 747. The van der Waals surface area contributed by atoms with Crippen LogP contribution in [0.5, 0.6) is 0 Å². The highest BCUT2D eigenvalue weighted by Crippen LogP contribution is 2.22. The van der Waals surface area contributed by atoms with Crippen LogP contribution >= 0.6 is 11.3 Å². The zero-order chi connectivity index (χ0) is 17.8. The molecule has 0 bridgehead atoms. The Morgan fingerprint density at radius 2 is 1.92 bits per heavy atom. The minimum Gasteiger partial charge on any atom is -0.342 e. The number of hydrogen-bond acceptors (Lipinski definition) is 3. The summed E-state index contributed by atoms with van der Waals surface area (Å²) in [5, 5.41) is 5.01. The highest BCUT2D eigenvalue weighted by atomic mass is 32.1. The number of amides is 2. The average molecular weight is 356 g/mol. The Labute approximate surface area is 152 Å². The maximum absolute atomic E-state index is 12.5. The third-order valence-electron chi connectivity index (χ3n) is 4.90. The lowest BCUT2D eigenvalue weighted by Crippen LogP contribution is -2.42. The molecule has 3 rings (SSSR count). The van der Waals surface area contributed by atoms with Crippen molar-refractivity contribution in [1.82, 2.24) is 4.90 Å². The summed E-state index contributed by atoms with van der Waals surface area (Å²) in [5.74, 6) is 0.205. The molecule has 25 heavy (non-hydrogen) atoms. The molecule has 0 radical (unpaired) electrons. The molecule has 0 saturated carbocycles. The number of carbonyl (C=O) groups is 2. The van der Waals surface area contributed by atoms with E-state index in [0.29, 0.717) is 19.5 Å². The van der Waals surface area contributed by atoms with E-state index in [9.17, 15) is 9.59 Å². The number of likely N-dealkylation sites (tertiary alicyclic amines) is 1. The van der Waals surface area contributed by atoms with Crippen LogP contribution in [0.15, 0.2) is 35.7 Å². The van der Waals surface area contributed by atoms with E-state index in [4.69, 9.17) is 0 Å². The van der Waals surface area contributed by atoms with Gasteiger partial charge in [-0.05, 0) is 61.4 Å². The second kappa shape index (κ2) is 7.83. The van der Waals surface area contributed by atoms with Gasteiger partial charge in [0.15, 0.2) is 0 Å². The van der Waals surface area contributed by atoms with Gasteiger partial charge in [0.2, 0.25) is 11.8 Å². The molecule has 5 heteroatoms. The quantitative estimate of drug-likeness (QED) is 0.906. The van der Waals surface area contributed by atoms with E-state index in [2.05, 4.69) is 12.2 Å². The van der Waals surface area contributed by atoms with Gasteiger partial charge in [-0.25, -0.2) is 0 Å². The topological polar surface area (TPSA) is 49.4 Å². The first-order chi connectivity index (χ1) is 12.0. The number of nitrogens with zero attached hydrogens (tertiary/aromatic N) is 1. The molecule has 0 aliphatic carbocycles. The first kappa shape index (κ1) is 17.7. The lowest BCUT2D eigenvalue weighted by Gasteiger charge is -2.31. The first-order valence-corrected chi connectivity index (χ1v) is 9.59. The van der Waals surface area contributed by atoms with E-state index in [1.807, 2.05) is 47.5 Å². The number of benzene rings is 1. The van der Waals surface area contributed by atoms with Crippen LogP contribution in [0.2, 0.25) is 0 Å². The maximum atomic E-state index is 12.5. The fourth-order valence-corrected chi connectivity index (χ4v) is 3.82. The fraction of sp³-hybridized carbons (Fsp3) is 0.400. The number of nitrogens with one attached hydrogen (secondary N) is 1. The van der Waals surface area contributed by atoms with Gasteiger partial charge in [0.25, 0.3) is 0 Å². The predicted molar refractivity (Wildman–Crippen MR) is 102 cm³/mol. The van der Waals surface area contributed by atoms with Crippen LogP contribution in [0.3, 0.4) is 0 Å². The van der Waals surface area contributed by atoms with Crippen LogP contribution in [-0.2, 0) is 16.0 Å². The van der Waals surface area contributed by atoms with Crippen LogP contribution < -0.4 is 5.32 Å². The lowest BCUT2D eigenvalue weighted by atomic mass is 9.95. The molecule has 0 spiro atoms. The molecule has 2 heterocycles. The second-order valence-corrected chi connectivity index (χ2v) is 7.73. The number of rotatable bonds is 4. The van der Waals surface area contributed by atoms with Crippen molar-refractivity contribution in [2.24, 2.45) is 5.92 Å². The van der Waals surface area contributed by atoms with Crippen molar-refractivity contribution in [3.63, 3.8) is 0 Å². The van der Waals surface area contributed by atoms with E-state index in [1.54, 1.807) is 11.3 Å². The van der Waals surface area contributed by atoms with Gasteiger partial charge in [-0.15, -0.1) is 11.3 Å². The highest BCUT2D eigenvalue weighted by molar-refractivity contribution is 7.10. The second-order valence-electron chi connectivity index (χ2n) is 6.70. The molecule has 1 aliphatic rings. The van der Waals surface area contributed by atoms with Crippen LogP contribution in [0.25, 0.3) is 0 Å². The van der Waals surface area contributed by atoms with Crippen molar-refractivity contribution < 1.29 is 9.59 Å². The average Bonchev–Trinajstić information content (AvgIpc) is 3.11. The lowest BCUT2D eigenvalue weighted by molar-refractivity contribution is -0.133. The standard InChI is InChI=1S/C20H24N2O2S/c1-14-5-6-17(12-15(14)2)21-20(24)16-7-9-22(10-8-16)19(23)13-18-4-3-11-25-18/h3-6,11-12,16H,7-10,13H2,1-2H3,(H,21,24). The molecule has 0 unspecified atom stereocenters. The minimum atomic E-state index is -0.0209. The Hall–Kier alpha value is -2.14. The van der Waals surface area contributed by atoms with E-state index in [-0.39, 0.29) is 17.7 Å².